The predicted molar refractivity (Wildman–Crippen MR) is 122 cm³/mol. The van der Waals surface area contributed by atoms with Crippen molar-refractivity contribution in [3.05, 3.63) is 96.3 Å². The third kappa shape index (κ3) is 5.43. The molecule has 4 aromatic rings. The minimum Gasteiger partial charge on any atom is -0.497 e. The minimum absolute atomic E-state index is 0.127. The number of nitrogens with one attached hydrogen (secondary N) is 1. The third-order valence-corrected chi connectivity index (χ3v) is 4.78. The quantitative estimate of drug-likeness (QED) is 0.420. The van der Waals surface area contributed by atoms with Gasteiger partial charge in [-0.05, 0) is 29.8 Å². The van der Waals surface area contributed by atoms with Crippen LogP contribution >= 0.6 is 0 Å². The first-order valence-electron chi connectivity index (χ1n) is 10.3. The fourth-order valence-electron chi connectivity index (χ4n) is 3.15. The maximum atomic E-state index is 12.6. The molecule has 0 aliphatic rings. The second-order valence-corrected chi connectivity index (χ2v) is 7.08. The molecule has 1 amide bonds. The summed E-state index contributed by atoms with van der Waals surface area (Å²) in [5.41, 5.74) is 2.41. The van der Waals surface area contributed by atoms with E-state index in [1.807, 2.05) is 84.9 Å². The van der Waals surface area contributed by atoms with Crippen LogP contribution in [0.5, 0.6) is 5.75 Å². The molecule has 3 aromatic carbocycles. The summed E-state index contributed by atoms with van der Waals surface area (Å²) in [6.07, 6.45) is 0. The van der Waals surface area contributed by atoms with Gasteiger partial charge in [0.2, 0.25) is 0 Å². The second-order valence-electron chi connectivity index (χ2n) is 7.08. The van der Waals surface area contributed by atoms with Crippen molar-refractivity contribution in [2.24, 2.45) is 0 Å². The van der Waals surface area contributed by atoms with Crippen LogP contribution in [0, 0.1) is 0 Å². The van der Waals surface area contributed by atoms with Crippen LogP contribution in [0.4, 0.5) is 0 Å². The standard InChI is InChI=1S/C25H22N4O4/c1-32-21-14-8-9-18(15-21)16-26-22(30)17-33-25(31)23-27-24(19-10-4-2-5-11-19)29(28-23)20-12-6-3-7-13-20/h2-15H,16-17H2,1H3,(H,26,30). The number of carbonyl (C=O) groups is 2. The van der Waals surface area contributed by atoms with Crippen molar-refractivity contribution in [2.45, 2.75) is 6.54 Å². The molecule has 0 fully saturated rings. The molecule has 8 nitrogen and oxygen atoms in total. The van der Waals surface area contributed by atoms with Gasteiger partial charge >= 0.3 is 5.97 Å². The summed E-state index contributed by atoms with van der Waals surface area (Å²) in [7, 11) is 1.58. The van der Waals surface area contributed by atoms with E-state index in [0.29, 0.717) is 11.6 Å². The molecular formula is C25H22N4O4. The minimum atomic E-state index is -0.779. The number of hydrogen-bond donors (Lipinski definition) is 1. The molecule has 0 atom stereocenters. The van der Waals surface area contributed by atoms with Gasteiger partial charge in [-0.3, -0.25) is 4.79 Å². The number of hydrogen-bond acceptors (Lipinski definition) is 6. The highest BCUT2D eigenvalue weighted by atomic mass is 16.5. The Hall–Kier alpha value is -4.46. The van der Waals surface area contributed by atoms with Crippen molar-refractivity contribution < 1.29 is 19.1 Å². The van der Waals surface area contributed by atoms with Gasteiger partial charge in [0.15, 0.2) is 12.4 Å². The zero-order valence-electron chi connectivity index (χ0n) is 18.0. The molecule has 1 aromatic heterocycles. The largest absolute Gasteiger partial charge is 0.497 e. The number of methoxy groups -OCH3 is 1. The fourth-order valence-corrected chi connectivity index (χ4v) is 3.15. The van der Waals surface area contributed by atoms with Gasteiger partial charge in [-0.1, -0.05) is 60.7 Å². The van der Waals surface area contributed by atoms with Gasteiger partial charge in [0.25, 0.3) is 11.7 Å². The summed E-state index contributed by atoms with van der Waals surface area (Å²) in [6, 6.07) is 26.1. The van der Waals surface area contributed by atoms with Crippen molar-refractivity contribution in [2.75, 3.05) is 13.7 Å². The van der Waals surface area contributed by atoms with E-state index in [-0.39, 0.29) is 12.4 Å². The van der Waals surface area contributed by atoms with Crippen LogP contribution in [0.15, 0.2) is 84.9 Å². The van der Waals surface area contributed by atoms with Crippen molar-refractivity contribution >= 4 is 11.9 Å². The van der Waals surface area contributed by atoms with Crippen LogP contribution in [-0.4, -0.2) is 40.4 Å². The van der Waals surface area contributed by atoms with Crippen molar-refractivity contribution in [3.63, 3.8) is 0 Å². The lowest BCUT2D eigenvalue weighted by molar-refractivity contribution is -0.124. The molecule has 1 heterocycles. The van der Waals surface area contributed by atoms with E-state index in [9.17, 15) is 9.59 Å². The van der Waals surface area contributed by atoms with E-state index in [1.165, 1.54) is 0 Å². The first-order chi connectivity index (χ1) is 16.1. The van der Waals surface area contributed by atoms with Gasteiger partial charge in [0.05, 0.1) is 12.8 Å². The molecule has 8 heteroatoms. The van der Waals surface area contributed by atoms with Crippen LogP contribution in [0.25, 0.3) is 17.1 Å². The summed E-state index contributed by atoms with van der Waals surface area (Å²) < 4.78 is 11.9. The average molecular weight is 442 g/mol. The monoisotopic (exact) mass is 442 g/mol. The summed E-state index contributed by atoms with van der Waals surface area (Å²) in [6.45, 7) is -0.157. The Balaban J connectivity index is 1.43. The molecule has 1 N–H and O–H groups in total. The smallest absolute Gasteiger partial charge is 0.378 e. The van der Waals surface area contributed by atoms with E-state index in [1.54, 1.807) is 11.8 Å². The maximum absolute atomic E-state index is 12.6. The molecule has 0 saturated heterocycles. The molecule has 33 heavy (non-hydrogen) atoms. The van der Waals surface area contributed by atoms with Crippen LogP contribution < -0.4 is 10.1 Å². The van der Waals surface area contributed by atoms with E-state index < -0.39 is 18.5 Å². The molecule has 0 radical (unpaired) electrons. The van der Waals surface area contributed by atoms with E-state index in [4.69, 9.17) is 9.47 Å². The molecule has 0 spiro atoms. The zero-order chi connectivity index (χ0) is 23.0. The molecule has 4 rings (SSSR count). The van der Waals surface area contributed by atoms with E-state index >= 15 is 0 Å². The molecule has 0 unspecified atom stereocenters. The topological polar surface area (TPSA) is 95.3 Å². The van der Waals surface area contributed by atoms with E-state index in [2.05, 4.69) is 15.4 Å². The molecule has 166 valence electrons. The number of ether oxygens (including phenoxy) is 2. The molecule has 0 aliphatic carbocycles. The highest BCUT2D eigenvalue weighted by Gasteiger charge is 2.20. The lowest BCUT2D eigenvalue weighted by Gasteiger charge is -2.07. The lowest BCUT2D eigenvalue weighted by Crippen LogP contribution is -2.28. The SMILES string of the molecule is COc1cccc(CNC(=O)COC(=O)c2nc(-c3ccccc3)n(-c3ccccc3)n2)c1. The molecule has 0 saturated carbocycles. The number of esters is 1. The number of amides is 1. The molecule has 0 aliphatic heterocycles. The lowest BCUT2D eigenvalue weighted by atomic mass is 10.2. The normalized spacial score (nSPS) is 10.5. The third-order valence-electron chi connectivity index (χ3n) is 4.78. The summed E-state index contributed by atoms with van der Waals surface area (Å²) in [5, 5.41) is 7.04. The van der Waals surface area contributed by atoms with Crippen LogP contribution in [0.2, 0.25) is 0 Å². The van der Waals surface area contributed by atoms with Gasteiger partial charge in [0, 0.05) is 12.1 Å². The van der Waals surface area contributed by atoms with E-state index in [0.717, 1.165) is 16.8 Å². The Bertz CT molecular complexity index is 1180. The van der Waals surface area contributed by atoms with Crippen LogP contribution in [0.1, 0.15) is 16.2 Å². The first-order valence-corrected chi connectivity index (χ1v) is 10.3. The average Bonchev–Trinajstić information content (AvgIpc) is 3.33. The fraction of sp³-hybridized carbons (Fsp3) is 0.120. The Labute approximate surface area is 190 Å². The number of nitrogens with zero attached hydrogens (tertiary/aromatic N) is 3. The highest BCUT2D eigenvalue weighted by molar-refractivity contribution is 5.88. The molecular weight excluding hydrogens is 420 g/mol. The number of aromatic nitrogens is 3. The predicted octanol–water partition coefficient (Wildman–Crippen LogP) is 3.42. The van der Waals surface area contributed by atoms with Crippen molar-refractivity contribution in [1.29, 1.82) is 0 Å². The Morgan fingerprint density at radius 3 is 2.39 bits per heavy atom. The zero-order valence-corrected chi connectivity index (χ0v) is 18.0. The number of para-hydroxylation sites is 1. The van der Waals surface area contributed by atoms with Gasteiger partial charge in [-0.15, -0.1) is 5.10 Å². The van der Waals surface area contributed by atoms with Crippen molar-refractivity contribution in [1.82, 2.24) is 20.1 Å². The second kappa shape index (κ2) is 10.2. The van der Waals surface area contributed by atoms with Crippen LogP contribution in [0.3, 0.4) is 0 Å². The molecule has 0 bridgehead atoms. The number of carbonyl (C=O) groups excluding carboxylic acids is 2. The van der Waals surface area contributed by atoms with Gasteiger partial charge in [-0.2, -0.15) is 0 Å². The number of benzene rings is 3. The Morgan fingerprint density at radius 2 is 1.67 bits per heavy atom. The van der Waals surface area contributed by atoms with Gasteiger partial charge < -0.3 is 14.8 Å². The first kappa shape index (κ1) is 21.8. The van der Waals surface area contributed by atoms with Gasteiger partial charge in [-0.25, -0.2) is 14.5 Å². The highest BCUT2D eigenvalue weighted by Crippen LogP contribution is 2.21. The van der Waals surface area contributed by atoms with Crippen LogP contribution in [-0.2, 0) is 16.1 Å². The number of rotatable bonds is 8. The summed E-state index contributed by atoms with van der Waals surface area (Å²) in [4.78, 5) is 29.1. The summed E-state index contributed by atoms with van der Waals surface area (Å²) >= 11 is 0. The maximum Gasteiger partial charge on any atom is 0.378 e. The summed E-state index contributed by atoms with van der Waals surface area (Å²) in [5.74, 6) is -0.146. The van der Waals surface area contributed by atoms with Gasteiger partial charge in [0.1, 0.15) is 5.75 Å². The Morgan fingerprint density at radius 1 is 0.939 bits per heavy atom. The Kier molecular flexibility index (Phi) is 6.75. The van der Waals surface area contributed by atoms with Crippen molar-refractivity contribution in [3.8, 4) is 22.8 Å².